The molecule has 1 aliphatic heterocycles. The Hall–Kier alpha value is -1.60. The standard InChI is InChI=1S/C20H23ClN/c1-14-8-7-9-15(19(14)21)12-13-18-20(2,3)16-10-5-6-11-17(16)22(18)4/h5-6,10-13H,1,7-9H2,2-4H3/q+1. The molecule has 0 spiro atoms. The molecule has 1 nitrogen and oxygen atoms in total. The maximum atomic E-state index is 6.42. The van der Waals surface area contributed by atoms with Crippen molar-refractivity contribution in [3.8, 4) is 0 Å². The van der Waals surface area contributed by atoms with Gasteiger partial charge in [0, 0.05) is 22.7 Å². The van der Waals surface area contributed by atoms with Crippen molar-refractivity contribution in [3.63, 3.8) is 0 Å². The van der Waals surface area contributed by atoms with Gasteiger partial charge in [-0.05, 0) is 44.3 Å². The summed E-state index contributed by atoms with van der Waals surface area (Å²) in [5, 5.41) is 0.860. The van der Waals surface area contributed by atoms with Gasteiger partial charge in [-0.15, -0.1) is 0 Å². The van der Waals surface area contributed by atoms with Crippen molar-refractivity contribution in [1.82, 2.24) is 0 Å². The zero-order valence-electron chi connectivity index (χ0n) is 13.6. The number of fused-ring (bicyclic) bond motifs is 1. The molecule has 0 unspecified atom stereocenters. The van der Waals surface area contributed by atoms with Gasteiger partial charge in [0.15, 0.2) is 5.71 Å². The quantitative estimate of drug-likeness (QED) is 0.636. The zero-order chi connectivity index (χ0) is 15.9. The second-order valence-electron chi connectivity index (χ2n) is 6.72. The lowest BCUT2D eigenvalue weighted by Gasteiger charge is -2.17. The molecule has 3 rings (SSSR count). The third kappa shape index (κ3) is 2.38. The average Bonchev–Trinajstić information content (AvgIpc) is 2.69. The summed E-state index contributed by atoms with van der Waals surface area (Å²) in [7, 11) is 2.14. The Labute approximate surface area is 138 Å². The molecule has 0 aromatic heterocycles. The van der Waals surface area contributed by atoms with Crippen molar-refractivity contribution in [2.24, 2.45) is 0 Å². The van der Waals surface area contributed by atoms with Gasteiger partial charge in [-0.2, -0.15) is 4.58 Å². The lowest BCUT2D eigenvalue weighted by Crippen LogP contribution is -2.26. The first-order chi connectivity index (χ1) is 10.4. The summed E-state index contributed by atoms with van der Waals surface area (Å²) in [6.07, 6.45) is 7.62. The largest absolute Gasteiger partial charge is 0.209 e. The molecular formula is C20H23ClN+. The normalized spacial score (nSPS) is 21.0. The van der Waals surface area contributed by atoms with Crippen molar-refractivity contribution in [2.45, 2.75) is 38.5 Å². The molecule has 1 aromatic rings. The molecule has 114 valence electrons. The van der Waals surface area contributed by atoms with Crippen LogP contribution in [-0.4, -0.2) is 17.3 Å². The van der Waals surface area contributed by atoms with E-state index in [4.69, 9.17) is 11.6 Å². The first-order valence-electron chi connectivity index (χ1n) is 7.88. The van der Waals surface area contributed by atoms with Crippen LogP contribution in [0.2, 0.25) is 0 Å². The van der Waals surface area contributed by atoms with E-state index in [9.17, 15) is 0 Å². The Bertz CT molecular complexity index is 732. The third-order valence-electron chi connectivity index (χ3n) is 4.90. The summed E-state index contributed by atoms with van der Waals surface area (Å²) >= 11 is 6.42. The second-order valence-corrected chi connectivity index (χ2v) is 7.09. The Balaban J connectivity index is 2.00. The van der Waals surface area contributed by atoms with E-state index in [1.165, 1.54) is 22.5 Å². The minimum atomic E-state index is 0.0144. The fourth-order valence-electron chi connectivity index (χ4n) is 3.58. The van der Waals surface area contributed by atoms with Gasteiger partial charge in [0.25, 0.3) is 0 Å². The fourth-order valence-corrected chi connectivity index (χ4v) is 3.83. The van der Waals surface area contributed by atoms with E-state index in [1.54, 1.807) is 0 Å². The number of hydrogen-bond acceptors (Lipinski definition) is 0. The number of rotatable bonds is 2. The summed E-state index contributed by atoms with van der Waals surface area (Å²) in [6.45, 7) is 8.63. The van der Waals surface area contributed by atoms with Crippen LogP contribution < -0.4 is 0 Å². The molecule has 0 saturated heterocycles. The Morgan fingerprint density at radius 2 is 1.91 bits per heavy atom. The highest BCUT2D eigenvalue weighted by atomic mass is 35.5. The molecule has 1 aromatic carbocycles. The molecule has 0 saturated carbocycles. The van der Waals surface area contributed by atoms with E-state index in [0.717, 1.165) is 29.9 Å². The van der Waals surface area contributed by atoms with Crippen LogP contribution in [0, 0.1) is 0 Å². The maximum absolute atomic E-state index is 6.42. The Morgan fingerprint density at radius 3 is 2.64 bits per heavy atom. The monoisotopic (exact) mass is 312 g/mol. The van der Waals surface area contributed by atoms with Gasteiger partial charge < -0.3 is 0 Å². The van der Waals surface area contributed by atoms with E-state index < -0.39 is 0 Å². The number of para-hydroxylation sites is 1. The van der Waals surface area contributed by atoms with Gasteiger partial charge in [-0.25, -0.2) is 0 Å². The topological polar surface area (TPSA) is 3.01 Å². The smallest absolute Gasteiger partial charge is 0.198 e. The molecule has 0 amide bonds. The molecular weight excluding hydrogens is 290 g/mol. The predicted octanol–water partition coefficient (Wildman–Crippen LogP) is 5.48. The van der Waals surface area contributed by atoms with Crippen molar-refractivity contribution < 1.29 is 4.58 Å². The predicted molar refractivity (Wildman–Crippen MR) is 95.3 cm³/mol. The van der Waals surface area contributed by atoms with Crippen molar-refractivity contribution in [2.75, 3.05) is 7.05 Å². The number of hydrogen-bond donors (Lipinski definition) is 0. The molecule has 22 heavy (non-hydrogen) atoms. The van der Waals surface area contributed by atoms with E-state index in [2.05, 4.69) is 68.5 Å². The first-order valence-corrected chi connectivity index (χ1v) is 8.26. The van der Waals surface area contributed by atoms with Gasteiger partial charge >= 0.3 is 0 Å². The van der Waals surface area contributed by atoms with Gasteiger partial charge in [0.2, 0.25) is 5.69 Å². The van der Waals surface area contributed by atoms with Crippen LogP contribution >= 0.6 is 11.6 Å². The average molecular weight is 313 g/mol. The van der Waals surface area contributed by atoms with E-state index in [0.29, 0.717) is 0 Å². The van der Waals surface area contributed by atoms with Crippen LogP contribution in [0.1, 0.15) is 38.7 Å². The Morgan fingerprint density at radius 1 is 1.18 bits per heavy atom. The summed E-state index contributed by atoms with van der Waals surface area (Å²) in [6, 6.07) is 8.63. The lowest BCUT2D eigenvalue weighted by atomic mass is 9.81. The molecule has 0 atom stereocenters. The molecule has 1 heterocycles. The molecule has 0 bridgehead atoms. The van der Waals surface area contributed by atoms with Crippen LogP contribution in [0.15, 0.2) is 59.2 Å². The van der Waals surface area contributed by atoms with Gasteiger partial charge in [-0.3, -0.25) is 0 Å². The van der Waals surface area contributed by atoms with Crippen molar-refractivity contribution in [1.29, 1.82) is 0 Å². The van der Waals surface area contributed by atoms with Crippen LogP contribution in [0.3, 0.4) is 0 Å². The lowest BCUT2D eigenvalue weighted by molar-refractivity contribution is -0.401. The van der Waals surface area contributed by atoms with Gasteiger partial charge in [0.1, 0.15) is 7.05 Å². The second kappa shape index (κ2) is 5.55. The molecule has 0 N–H and O–H groups in total. The third-order valence-corrected chi connectivity index (χ3v) is 5.41. The van der Waals surface area contributed by atoms with Gasteiger partial charge in [-0.1, -0.05) is 42.5 Å². The maximum Gasteiger partial charge on any atom is 0.209 e. The van der Waals surface area contributed by atoms with Gasteiger partial charge in [0.05, 0.1) is 5.41 Å². The number of halogens is 1. The van der Waals surface area contributed by atoms with Crippen molar-refractivity contribution in [3.05, 3.63) is 64.7 Å². The highest BCUT2D eigenvalue weighted by Gasteiger charge is 2.42. The van der Waals surface area contributed by atoms with Crippen LogP contribution in [0.4, 0.5) is 5.69 Å². The SMILES string of the molecule is C=C1CCCC(C=CC2=[N+](C)c3ccccc3C2(C)C)=C1Cl. The summed E-state index contributed by atoms with van der Waals surface area (Å²) in [5.41, 5.74) is 6.28. The molecule has 2 heteroatoms. The number of benzene rings is 1. The highest BCUT2D eigenvalue weighted by Crippen LogP contribution is 2.39. The minimum absolute atomic E-state index is 0.0144. The highest BCUT2D eigenvalue weighted by molar-refractivity contribution is 6.32. The molecule has 0 fully saturated rings. The summed E-state index contributed by atoms with van der Waals surface area (Å²) < 4.78 is 2.29. The zero-order valence-corrected chi connectivity index (χ0v) is 14.4. The molecule has 2 aliphatic rings. The van der Waals surface area contributed by atoms with Crippen LogP contribution in [0.5, 0.6) is 0 Å². The minimum Gasteiger partial charge on any atom is -0.198 e. The van der Waals surface area contributed by atoms with E-state index >= 15 is 0 Å². The molecule has 0 radical (unpaired) electrons. The Kier molecular flexibility index (Phi) is 3.86. The molecule has 1 aliphatic carbocycles. The van der Waals surface area contributed by atoms with E-state index in [1.807, 2.05) is 0 Å². The van der Waals surface area contributed by atoms with Crippen LogP contribution in [-0.2, 0) is 5.41 Å². The number of nitrogens with zero attached hydrogens (tertiary/aromatic N) is 1. The summed E-state index contributed by atoms with van der Waals surface area (Å²) in [5.74, 6) is 0. The van der Waals surface area contributed by atoms with E-state index in [-0.39, 0.29) is 5.41 Å². The van der Waals surface area contributed by atoms with Crippen LogP contribution in [0.25, 0.3) is 0 Å². The number of allylic oxidation sites excluding steroid dienone is 5. The fraction of sp³-hybridized carbons (Fsp3) is 0.350. The summed E-state index contributed by atoms with van der Waals surface area (Å²) in [4.78, 5) is 0. The first kappa shape index (κ1) is 15.3. The van der Waals surface area contributed by atoms with Crippen molar-refractivity contribution >= 4 is 23.0 Å².